The molecule has 0 aliphatic carbocycles. The predicted octanol–water partition coefficient (Wildman–Crippen LogP) is 2.78. The van der Waals surface area contributed by atoms with Crippen molar-refractivity contribution < 1.29 is 13.2 Å². The molecule has 3 nitrogen and oxygen atoms in total. The minimum atomic E-state index is -3.28. The van der Waals surface area contributed by atoms with E-state index in [0.29, 0.717) is 10.8 Å². The Kier molecular flexibility index (Phi) is 5.68. The Balaban J connectivity index is 0.000000921. The lowest BCUT2D eigenvalue weighted by molar-refractivity contribution is 0.403. The van der Waals surface area contributed by atoms with Crippen LogP contribution >= 0.6 is 11.6 Å². The molecule has 0 bridgehead atoms. The van der Waals surface area contributed by atoms with Gasteiger partial charge in [0.25, 0.3) is 0 Å². The van der Waals surface area contributed by atoms with Crippen LogP contribution in [0.5, 0.6) is 5.75 Å². The predicted molar refractivity (Wildman–Crippen MR) is 62.5 cm³/mol. The Hall–Kier alpha value is -0.740. The zero-order valence-electron chi connectivity index (χ0n) is 9.24. The summed E-state index contributed by atoms with van der Waals surface area (Å²) in [4.78, 5) is 0.113. The average molecular weight is 251 g/mol. The Morgan fingerprint density at radius 3 is 2.20 bits per heavy atom. The molecule has 86 valence electrons. The Morgan fingerprint density at radius 2 is 1.80 bits per heavy atom. The van der Waals surface area contributed by atoms with Gasteiger partial charge in [0.05, 0.1) is 7.11 Å². The number of rotatable bonds is 2. The standard InChI is InChI=1S/C8H9ClO3S.C2H6/c1-12-7-4-3-6(9)5-8(7)13(2,10)11;1-2/h3-5H,1-2H3;1-2H3. The summed E-state index contributed by atoms with van der Waals surface area (Å²) in [5.41, 5.74) is 0. The number of benzene rings is 1. The van der Waals surface area contributed by atoms with Crippen LogP contribution < -0.4 is 4.74 Å². The first kappa shape index (κ1) is 14.3. The van der Waals surface area contributed by atoms with Gasteiger partial charge in [-0.2, -0.15) is 0 Å². The molecule has 0 atom stereocenters. The number of hydrogen-bond donors (Lipinski definition) is 0. The summed E-state index contributed by atoms with van der Waals surface area (Å²) in [5, 5.41) is 0.376. The van der Waals surface area contributed by atoms with Crippen LogP contribution in [0.3, 0.4) is 0 Å². The van der Waals surface area contributed by atoms with Crippen LogP contribution in [0.4, 0.5) is 0 Å². The van der Waals surface area contributed by atoms with Crippen LogP contribution in [0.15, 0.2) is 23.1 Å². The Bertz CT molecular complexity index is 413. The van der Waals surface area contributed by atoms with Crippen molar-refractivity contribution in [3.63, 3.8) is 0 Å². The summed E-state index contributed by atoms with van der Waals surface area (Å²) in [6, 6.07) is 4.48. The Labute approximate surface area is 95.9 Å². The highest BCUT2D eigenvalue weighted by Gasteiger charge is 2.13. The average Bonchev–Trinajstić information content (AvgIpc) is 2.19. The fourth-order valence-electron chi connectivity index (χ4n) is 0.940. The molecule has 0 aromatic heterocycles. The van der Waals surface area contributed by atoms with E-state index in [9.17, 15) is 8.42 Å². The molecule has 0 aliphatic rings. The lowest BCUT2D eigenvalue weighted by Gasteiger charge is -2.06. The van der Waals surface area contributed by atoms with Crippen LogP contribution in [0.2, 0.25) is 5.02 Å². The third-order valence-corrected chi connectivity index (χ3v) is 2.88. The van der Waals surface area contributed by atoms with Gasteiger partial charge in [0.1, 0.15) is 10.6 Å². The van der Waals surface area contributed by atoms with Crippen molar-refractivity contribution in [3.8, 4) is 5.75 Å². The lowest BCUT2D eigenvalue weighted by Crippen LogP contribution is -2.00. The van der Waals surface area contributed by atoms with E-state index in [4.69, 9.17) is 16.3 Å². The van der Waals surface area contributed by atoms with Gasteiger partial charge in [-0.1, -0.05) is 25.4 Å². The maximum Gasteiger partial charge on any atom is 0.179 e. The normalized spacial score (nSPS) is 10.2. The fraction of sp³-hybridized carbons (Fsp3) is 0.400. The van der Waals surface area contributed by atoms with Crippen molar-refractivity contribution in [3.05, 3.63) is 23.2 Å². The molecular formula is C10H15ClO3S. The number of methoxy groups -OCH3 is 1. The van der Waals surface area contributed by atoms with Crippen LogP contribution in [0.25, 0.3) is 0 Å². The smallest absolute Gasteiger partial charge is 0.179 e. The molecule has 1 aromatic carbocycles. The van der Waals surface area contributed by atoms with Gasteiger partial charge >= 0.3 is 0 Å². The first-order valence-corrected chi connectivity index (χ1v) is 6.75. The second-order valence-corrected chi connectivity index (χ2v) is 4.99. The van der Waals surface area contributed by atoms with Crippen molar-refractivity contribution in [2.75, 3.05) is 13.4 Å². The van der Waals surface area contributed by atoms with Crippen molar-refractivity contribution in [1.82, 2.24) is 0 Å². The highest BCUT2D eigenvalue weighted by Crippen LogP contribution is 2.26. The summed E-state index contributed by atoms with van der Waals surface area (Å²) in [5.74, 6) is 0.312. The van der Waals surface area contributed by atoms with E-state index in [0.717, 1.165) is 6.26 Å². The molecule has 0 saturated carbocycles. The van der Waals surface area contributed by atoms with Gasteiger partial charge in [0, 0.05) is 11.3 Å². The number of ether oxygens (including phenoxy) is 1. The molecule has 0 amide bonds. The summed E-state index contributed by atoms with van der Waals surface area (Å²) in [6.45, 7) is 4.00. The number of sulfone groups is 1. The second kappa shape index (κ2) is 5.98. The van der Waals surface area contributed by atoms with Gasteiger partial charge in [-0.3, -0.25) is 0 Å². The van der Waals surface area contributed by atoms with Crippen molar-refractivity contribution in [1.29, 1.82) is 0 Å². The topological polar surface area (TPSA) is 43.4 Å². The van der Waals surface area contributed by atoms with Gasteiger partial charge < -0.3 is 4.74 Å². The summed E-state index contributed by atoms with van der Waals surface area (Å²) in [6.07, 6.45) is 1.11. The SMILES string of the molecule is CC.COc1ccc(Cl)cc1S(C)(=O)=O. The fourth-order valence-corrected chi connectivity index (χ4v) is 2.03. The maximum absolute atomic E-state index is 11.2. The van der Waals surface area contributed by atoms with E-state index in [2.05, 4.69) is 0 Å². The zero-order chi connectivity index (χ0) is 12.1. The van der Waals surface area contributed by atoms with E-state index in [1.807, 2.05) is 13.8 Å². The zero-order valence-corrected chi connectivity index (χ0v) is 10.8. The molecule has 0 unspecified atom stereocenters. The van der Waals surface area contributed by atoms with Crippen molar-refractivity contribution >= 4 is 21.4 Å². The van der Waals surface area contributed by atoms with E-state index < -0.39 is 9.84 Å². The summed E-state index contributed by atoms with van der Waals surface area (Å²) < 4.78 is 27.3. The highest BCUT2D eigenvalue weighted by molar-refractivity contribution is 7.90. The maximum atomic E-state index is 11.2. The van der Waals surface area contributed by atoms with Gasteiger partial charge in [0.2, 0.25) is 0 Å². The van der Waals surface area contributed by atoms with Gasteiger partial charge in [-0.15, -0.1) is 0 Å². The third-order valence-electron chi connectivity index (χ3n) is 1.53. The van der Waals surface area contributed by atoms with Gasteiger partial charge in [-0.25, -0.2) is 8.42 Å². The number of hydrogen-bond acceptors (Lipinski definition) is 3. The molecule has 0 spiro atoms. The molecule has 0 radical (unpaired) electrons. The molecule has 15 heavy (non-hydrogen) atoms. The molecule has 1 aromatic rings. The van der Waals surface area contributed by atoms with Crippen LogP contribution in [0.1, 0.15) is 13.8 Å². The van der Waals surface area contributed by atoms with Gasteiger partial charge in [0.15, 0.2) is 9.84 Å². The second-order valence-electron chi connectivity index (χ2n) is 2.57. The van der Waals surface area contributed by atoms with Gasteiger partial charge in [-0.05, 0) is 18.2 Å². The molecule has 0 saturated heterocycles. The van der Waals surface area contributed by atoms with Crippen molar-refractivity contribution in [2.45, 2.75) is 18.7 Å². The van der Waals surface area contributed by atoms with E-state index >= 15 is 0 Å². The molecule has 0 N–H and O–H groups in total. The minimum Gasteiger partial charge on any atom is -0.495 e. The molecule has 1 rings (SSSR count). The van der Waals surface area contributed by atoms with Crippen LogP contribution in [0, 0.1) is 0 Å². The van der Waals surface area contributed by atoms with Crippen LogP contribution in [-0.4, -0.2) is 21.8 Å². The quantitative estimate of drug-likeness (QED) is 0.811. The summed E-state index contributed by atoms with van der Waals surface area (Å²) >= 11 is 5.66. The minimum absolute atomic E-state index is 0.113. The molecular weight excluding hydrogens is 236 g/mol. The molecule has 0 fully saturated rings. The molecule has 0 heterocycles. The molecule has 0 aliphatic heterocycles. The third kappa shape index (κ3) is 4.10. The number of halogens is 1. The van der Waals surface area contributed by atoms with E-state index in [1.165, 1.54) is 19.2 Å². The van der Waals surface area contributed by atoms with E-state index in [-0.39, 0.29) is 4.90 Å². The molecule has 5 heteroatoms. The highest BCUT2D eigenvalue weighted by atomic mass is 35.5. The Morgan fingerprint density at radius 1 is 1.27 bits per heavy atom. The van der Waals surface area contributed by atoms with E-state index in [1.54, 1.807) is 6.07 Å². The van der Waals surface area contributed by atoms with Crippen LogP contribution in [-0.2, 0) is 9.84 Å². The first-order valence-electron chi connectivity index (χ1n) is 4.49. The lowest BCUT2D eigenvalue weighted by atomic mass is 10.3. The largest absolute Gasteiger partial charge is 0.495 e. The van der Waals surface area contributed by atoms with Crippen molar-refractivity contribution in [2.24, 2.45) is 0 Å². The summed E-state index contributed by atoms with van der Waals surface area (Å²) in [7, 11) is -1.86. The first-order chi connectivity index (χ1) is 6.95. The monoisotopic (exact) mass is 250 g/mol.